The lowest BCUT2D eigenvalue weighted by Gasteiger charge is -2.18. The molecule has 0 bridgehead atoms. The Labute approximate surface area is 200 Å². The average molecular weight is 492 g/mol. The first kappa shape index (κ1) is 26.1. The van der Waals surface area contributed by atoms with Crippen LogP contribution in [0.5, 0.6) is 0 Å². The van der Waals surface area contributed by atoms with E-state index < -0.39 is 42.9 Å². The molecule has 1 aliphatic rings. The number of rotatable bonds is 11. The second kappa shape index (κ2) is 11.7. The van der Waals surface area contributed by atoms with Crippen molar-refractivity contribution in [3.8, 4) is 11.1 Å². The number of aliphatic carboxylic acids is 1. The minimum atomic E-state index is -4.64. The Morgan fingerprint density at radius 2 is 1.54 bits per heavy atom. The summed E-state index contributed by atoms with van der Waals surface area (Å²) in [5.74, 6) is -4.11. The summed E-state index contributed by atoms with van der Waals surface area (Å²) in [6, 6.07) is 15.9. The zero-order valence-electron chi connectivity index (χ0n) is 18.9. The third-order valence-corrected chi connectivity index (χ3v) is 5.89. The summed E-state index contributed by atoms with van der Waals surface area (Å²) in [5.41, 5.74) is 4.42. The third-order valence-electron chi connectivity index (χ3n) is 5.89. The van der Waals surface area contributed by atoms with Crippen LogP contribution in [-0.4, -0.2) is 48.9 Å². The molecule has 1 aliphatic carbocycles. The van der Waals surface area contributed by atoms with E-state index in [1.54, 1.807) is 0 Å². The molecule has 35 heavy (non-hydrogen) atoms. The molecule has 0 aliphatic heterocycles. The largest absolute Gasteiger partial charge is 0.481 e. The van der Waals surface area contributed by atoms with Gasteiger partial charge >= 0.3 is 18.2 Å². The Hall–Kier alpha value is -3.56. The van der Waals surface area contributed by atoms with Crippen molar-refractivity contribution in [3.63, 3.8) is 0 Å². The average Bonchev–Trinajstić information content (AvgIpc) is 3.13. The summed E-state index contributed by atoms with van der Waals surface area (Å²) in [4.78, 5) is 34.5. The van der Waals surface area contributed by atoms with Gasteiger partial charge in [-0.15, -0.1) is 0 Å². The molecule has 1 unspecified atom stereocenters. The van der Waals surface area contributed by atoms with Crippen molar-refractivity contribution in [1.82, 2.24) is 10.6 Å². The second-order valence-corrected chi connectivity index (χ2v) is 8.33. The van der Waals surface area contributed by atoms with Crippen LogP contribution in [-0.2, 0) is 14.3 Å². The van der Waals surface area contributed by atoms with Crippen LogP contribution in [0.1, 0.15) is 42.7 Å². The van der Waals surface area contributed by atoms with Gasteiger partial charge in [0, 0.05) is 25.4 Å². The van der Waals surface area contributed by atoms with Crippen LogP contribution in [0.3, 0.4) is 0 Å². The fraction of sp³-hybridized carbons (Fsp3) is 0.400. The first-order valence-electron chi connectivity index (χ1n) is 11.3. The molecule has 10 heteroatoms. The van der Waals surface area contributed by atoms with E-state index in [0.29, 0.717) is 0 Å². The molecule has 0 radical (unpaired) electrons. The zero-order valence-corrected chi connectivity index (χ0v) is 18.9. The molecule has 0 saturated carbocycles. The molecule has 2 amide bonds. The maximum atomic E-state index is 12.8. The summed E-state index contributed by atoms with van der Waals surface area (Å²) in [5, 5.41) is 13.5. The van der Waals surface area contributed by atoms with Crippen LogP contribution in [0.2, 0.25) is 0 Å². The fourth-order valence-electron chi connectivity index (χ4n) is 4.16. The lowest BCUT2D eigenvalue weighted by atomic mass is 9.98. The molecule has 3 rings (SSSR count). The van der Waals surface area contributed by atoms with E-state index in [9.17, 15) is 27.6 Å². The number of alkyl carbamates (subject to hydrolysis) is 1. The number of carboxylic acid groups (broad SMARTS) is 1. The van der Waals surface area contributed by atoms with Gasteiger partial charge in [-0.2, -0.15) is 13.2 Å². The van der Waals surface area contributed by atoms with Crippen molar-refractivity contribution in [1.29, 1.82) is 0 Å². The predicted molar refractivity (Wildman–Crippen MR) is 122 cm³/mol. The first-order chi connectivity index (χ1) is 16.7. The highest BCUT2D eigenvalue weighted by Gasteiger charge is 2.40. The number of fused-ring (bicyclic) bond motifs is 3. The molecule has 2 aromatic carbocycles. The molecule has 188 valence electrons. The summed E-state index contributed by atoms with van der Waals surface area (Å²) in [6.07, 6.45) is -6.54. The lowest BCUT2D eigenvalue weighted by molar-refractivity contribution is -0.184. The van der Waals surface area contributed by atoms with E-state index in [1.807, 2.05) is 48.5 Å². The molecule has 0 saturated heterocycles. The van der Waals surface area contributed by atoms with Crippen LogP contribution < -0.4 is 10.6 Å². The highest BCUT2D eigenvalue weighted by Crippen LogP contribution is 2.44. The first-order valence-corrected chi connectivity index (χ1v) is 11.3. The minimum absolute atomic E-state index is 0.000723. The quantitative estimate of drug-likeness (QED) is 0.402. The molecular formula is C25H27F3N2O5. The number of carboxylic acids is 1. The van der Waals surface area contributed by atoms with E-state index in [2.05, 4.69) is 10.6 Å². The Balaban J connectivity index is 1.35. The number of hydrogen-bond acceptors (Lipinski definition) is 4. The number of carbonyl (C=O) groups excluding carboxylic acids is 2. The number of ether oxygens (including phenoxy) is 1. The smallest absolute Gasteiger partial charge is 0.407 e. The zero-order chi connectivity index (χ0) is 25.4. The number of halogens is 3. The second-order valence-electron chi connectivity index (χ2n) is 8.33. The molecule has 0 aromatic heterocycles. The number of nitrogens with one attached hydrogen (secondary N) is 2. The van der Waals surface area contributed by atoms with Gasteiger partial charge in [-0.3, -0.25) is 9.59 Å². The molecular weight excluding hydrogens is 465 g/mol. The molecule has 7 nitrogen and oxygen atoms in total. The van der Waals surface area contributed by atoms with Crippen molar-refractivity contribution in [2.75, 3.05) is 19.7 Å². The number of hydrogen-bond donors (Lipinski definition) is 3. The van der Waals surface area contributed by atoms with Crippen LogP contribution in [0.4, 0.5) is 18.0 Å². The van der Waals surface area contributed by atoms with Gasteiger partial charge in [0.05, 0.1) is 12.3 Å². The number of carbonyl (C=O) groups is 3. The van der Waals surface area contributed by atoms with Crippen molar-refractivity contribution < 1.29 is 37.4 Å². The van der Waals surface area contributed by atoms with Gasteiger partial charge in [0.2, 0.25) is 5.91 Å². The van der Waals surface area contributed by atoms with Crippen LogP contribution in [0.25, 0.3) is 11.1 Å². The SMILES string of the molecule is O=C(O)CC(CCNC(=O)CCCNC(=O)OCC1c2ccccc2-c2ccccc21)C(F)(F)F. The predicted octanol–water partition coefficient (Wildman–Crippen LogP) is 4.46. The Morgan fingerprint density at radius 1 is 0.943 bits per heavy atom. The van der Waals surface area contributed by atoms with Gasteiger partial charge < -0.3 is 20.5 Å². The molecule has 0 heterocycles. The number of amides is 2. The van der Waals surface area contributed by atoms with Crippen LogP contribution in [0.15, 0.2) is 48.5 Å². The Bertz CT molecular complexity index is 1010. The molecule has 0 fully saturated rings. The summed E-state index contributed by atoms with van der Waals surface area (Å²) in [7, 11) is 0. The number of alkyl halides is 3. The van der Waals surface area contributed by atoms with Crippen molar-refractivity contribution in [2.45, 2.75) is 37.8 Å². The van der Waals surface area contributed by atoms with Gasteiger partial charge in [0.1, 0.15) is 6.61 Å². The van der Waals surface area contributed by atoms with E-state index in [1.165, 1.54) is 0 Å². The highest BCUT2D eigenvalue weighted by atomic mass is 19.4. The van der Waals surface area contributed by atoms with Crippen LogP contribution >= 0.6 is 0 Å². The summed E-state index contributed by atoms with van der Waals surface area (Å²) >= 11 is 0. The van der Waals surface area contributed by atoms with E-state index in [4.69, 9.17) is 9.84 Å². The van der Waals surface area contributed by atoms with Gasteiger partial charge in [-0.1, -0.05) is 48.5 Å². The third kappa shape index (κ3) is 7.21. The topological polar surface area (TPSA) is 105 Å². The number of benzene rings is 2. The van der Waals surface area contributed by atoms with E-state index >= 15 is 0 Å². The standard InChI is InChI=1S/C25H27F3N2O5/c26-25(27,28)16(14-23(32)33)11-13-29-22(31)10-5-12-30-24(34)35-15-21-19-8-3-1-6-17(19)18-7-2-4-9-20(18)21/h1-4,6-9,16,21H,5,10-15H2,(H,29,31)(H,30,34)(H,32,33). The fourth-order valence-corrected chi connectivity index (χ4v) is 4.16. The maximum Gasteiger partial charge on any atom is 0.407 e. The summed E-state index contributed by atoms with van der Waals surface area (Å²) in [6.45, 7) is 0.0431. The van der Waals surface area contributed by atoms with E-state index in [0.717, 1.165) is 22.3 Å². The minimum Gasteiger partial charge on any atom is -0.481 e. The summed E-state index contributed by atoms with van der Waals surface area (Å²) < 4.78 is 43.8. The lowest BCUT2D eigenvalue weighted by Crippen LogP contribution is -2.32. The molecule has 2 aromatic rings. The Kier molecular flexibility index (Phi) is 8.73. The van der Waals surface area contributed by atoms with Crippen molar-refractivity contribution in [3.05, 3.63) is 59.7 Å². The van der Waals surface area contributed by atoms with Crippen molar-refractivity contribution in [2.24, 2.45) is 5.92 Å². The van der Waals surface area contributed by atoms with Gasteiger partial charge in [-0.05, 0) is 35.1 Å². The van der Waals surface area contributed by atoms with Gasteiger partial charge in [-0.25, -0.2) is 4.79 Å². The van der Waals surface area contributed by atoms with Crippen LogP contribution in [0, 0.1) is 5.92 Å². The van der Waals surface area contributed by atoms with E-state index in [-0.39, 0.29) is 38.5 Å². The molecule has 1 atom stereocenters. The Morgan fingerprint density at radius 3 is 2.11 bits per heavy atom. The monoisotopic (exact) mass is 492 g/mol. The normalized spacial score (nSPS) is 13.5. The highest BCUT2D eigenvalue weighted by molar-refractivity contribution is 5.79. The van der Waals surface area contributed by atoms with Gasteiger partial charge in [0.15, 0.2) is 0 Å². The molecule has 3 N–H and O–H groups in total. The van der Waals surface area contributed by atoms with Gasteiger partial charge in [0.25, 0.3) is 0 Å². The molecule has 0 spiro atoms. The maximum absolute atomic E-state index is 12.8. The van der Waals surface area contributed by atoms with Crippen molar-refractivity contribution >= 4 is 18.0 Å².